The van der Waals surface area contributed by atoms with Gasteiger partial charge >= 0.3 is 23.1 Å². The molecule has 0 aliphatic rings. The standard InChI is InChI=1S/C8H9.Mg.2H/c1-2-8-6-4-3-5-7-8;;;/h4-7H,2H2,1H3;;;. The highest BCUT2D eigenvalue weighted by Crippen LogP contribution is 1.96. The summed E-state index contributed by atoms with van der Waals surface area (Å²) in [6.07, 6.45) is 1.12. The van der Waals surface area contributed by atoms with Crippen LogP contribution in [0.25, 0.3) is 0 Å². The Morgan fingerprint density at radius 1 is 1.33 bits per heavy atom. The molecule has 0 aromatic heterocycles. The fourth-order valence-corrected chi connectivity index (χ4v) is 0.657. The fourth-order valence-electron chi connectivity index (χ4n) is 0.657. The zero-order chi connectivity index (χ0) is 5.82. The molecule has 0 spiro atoms. The molecule has 1 aromatic rings. The highest BCUT2D eigenvalue weighted by Gasteiger charge is 1.80. The lowest BCUT2D eigenvalue weighted by atomic mass is 10.2. The van der Waals surface area contributed by atoms with Gasteiger partial charge in [0, 0.05) is 0 Å². The molecule has 1 heteroatoms. The molecular weight excluding hydrogens is 120 g/mol. The van der Waals surface area contributed by atoms with Crippen molar-refractivity contribution in [3.05, 3.63) is 35.9 Å². The van der Waals surface area contributed by atoms with E-state index in [4.69, 9.17) is 0 Å². The molecule has 0 aliphatic carbocycles. The smallest absolute Gasteiger partial charge is 0.0613 e. The Labute approximate surface area is 72.4 Å². The first-order valence-electron chi connectivity index (χ1n) is 2.88. The van der Waals surface area contributed by atoms with E-state index in [0.29, 0.717) is 0 Å². The minimum atomic E-state index is 0. The van der Waals surface area contributed by atoms with Gasteiger partial charge in [-0.2, -0.15) is 0 Å². The van der Waals surface area contributed by atoms with E-state index < -0.39 is 0 Å². The van der Waals surface area contributed by atoms with Crippen molar-refractivity contribution >= 4 is 23.1 Å². The lowest BCUT2D eigenvalue weighted by Gasteiger charge is -1.89. The predicted octanol–water partition coefficient (Wildman–Crippen LogP) is 1.13. The van der Waals surface area contributed by atoms with E-state index in [2.05, 4.69) is 25.1 Å². The van der Waals surface area contributed by atoms with E-state index in [1.807, 2.05) is 12.1 Å². The molecule has 1 radical (unpaired) electrons. The predicted molar refractivity (Wildman–Crippen MR) is 43.2 cm³/mol. The SMILES string of the molecule is CCc1cc[c]cc1.[MgH2]. The van der Waals surface area contributed by atoms with Crippen LogP contribution in [0.15, 0.2) is 24.3 Å². The molecule has 0 saturated heterocycles. The van der Waals surface area contributed by atoms with Gasteiger partial charge in [0.05, 0.1) is 0 Å². The molecule has 45 valence electrons. The number of rotatable bonds is 1. The van der Waals surface area contributed by atoms with Gasteiger partial charge < -0.3 is 0 Å². The summed E-state index contributed by atoms with van der Waals surface area (Å²) in [6, 6.07) is 11.0. The van der Waals surface area contributed by atoms with Crippen LogP contribution >= 0.6 is 0 Å². The van der Waals surface area contributed by atoms with E-state index in [-0.39, 0.29) is 23.1 Å². The number of hydrogen-bond acceptors (Lipinski definition) is 0. The van der Waals surface area contributed by atoms with Crippen LogP contribution in [0.4, 0.5) is 0 Å². The van der Waals surface area contributed by atoms with Crippen LogP contribution < -0.4 is 0 Å². The maximum absolute atomic E-state index is 2.97. The molecular formula is C8H11Mg. The lowest BCUT2D eigenvalue weighted by Crippen LogP contribution is -1.74. The number of benzene rings is 1. The summed E-state index contributed by atoms with van der Waals surface area (Å²) >= 11 is 0. The monoisotopic (exact) mass is 131 g/mol. The van der Waals surface area contributed by atoms with Gasteiger partial charge in [0.25, 0.3) is 0 Å². The van der Waals surface area contributed by atoms with Crippen LogP contribution in [-0.4, -0.2) is 23.1 Å². The Kier molecular flexibility index (Phi) is 4.82. The van der Waals surface area contributed by atoms with Crippen LogP contribution in [0.3, 0.4) is 0 Å². The molecule has 1 rings (SSSR count). The third-order valence-corrected chi connectivity index (χ3v) is 1.20. The highest BCUT2D eigenvalue weighted by molar-refractivity contribution is 5.75. The first-order chi connectivity index (χ1) is 3.93. The van der Waals surface area contributed by atoms with Crippen molar-refractivity contribution in [1.29, 1.82) is 0 Å². The lowest BCUT2D eigenvalue weighted by molar-refractivity contribution is 1.14. The second kappa shape index (κ2) is 4.83. The third-order valence-electron chi connectivity index (χ3n) is 1.20. The van der Waals surface area contributed by atoms with E-state index >= 15 is 0 Å². The van der Waals surface area contributed by atoms with Gasteiger partial charge in [0.2, 0.25) is 0 Å². The van der Waals surface area contributed by atoms with Crippen molar-refractivity contribution in [1.82, 2.24) is 0 Å². The van der Waals surface area contributed by atoms with Gasteiger partial charge in [0.15, 0.2) is 0 Å². The second-order valence-corrected chi connectivity index (χ2v) is 1.76. The molecule has 0 bridgehead atoms. The summed E-state index contributed by atoms with van der Waals surface area (Å²) < 4.78 is 0. The molecule has 0 nitrogen and oxygen atoms in total. The summed E-state index contributed by atoms with van der Waals surface area (Å²) in [7, 11) is 0. The van der Waals surface area contributed by atoms with E-state index in [1.165, 1.54) is 5.56 Å². The average Bonchev–Trinajstić information content (AvgIpc) is 1.90. The normalized spacial score (nSPS) is 8.11. The molecule has 0 saturated carbocycles. The topological polar surface area (TPSA) is 0 Å². The first kappa shape index (κ1) is 8.99. The molecule has 0 aliphatic heterocycles. The number of hydrogen-bond donors (Lipinski definition) is 0. The van der Waals surface area contributed by atoms with Crippen molar-refractivity contribution in [2.75, 3.05) is 0 Å². The Balaban J connectivity index is 0.000000640. The maximum Gasteiger partial charge on any atom is 0.316 e. The second-order valence-electron chi connectivity index (χ2n) is 1.76. The minimum absolute atomic E-state index is 0. The molecule has 1 aromatic carbocycles. The van der Waals surface area contributed by atoms with Gasteiger partial charge in [-0.25, -0.2) is 0 Å². The van der Waals surface area contributed by atoms with Gasteiger partial charge in [-0.3, -0.25) is 0 Å². The molecule has 0 N–H and O–H groups in total. The Morgan fingerprint density at radius 3 is 2.22 bits per heavy atom. The summed E-state index contributed by atoms with van der Waals surface area (Å²) in [6.45, 7) is 2.15. The van der Waals surface area contributed by atoms with Crippen molar-refractivity contribution in [3.8, 4) is 0 Å². The highest BCUT2D eigenvalue weighted by atomic mass is 24.3. The molecule has 0 atom stereocenters. The van der Waals surface area contributed by atoms with Gasteiger partial charge in [-0.05, 0) is 18.1 Å². The van der Waals surface area contributed by atoms with E-state index in [0.717, 1.165) is 6.42 Å². The summed E-state index contributed by atoms with van der Waals surface area (Å²) in [4.78, 5) is 0. The molecule has 0 fully saturated rings. The van der Waals surface area contributed by atoms with Crippen LogP contribution in [0.1, 0.15) is 12.5 Å². The fraction of sp³-hybridized carbons (Fsp3) is 0.250. The van der Waals surface area contributed by atoms with E-state index in [9.17, 15) is 0 Å². The summed E-state index contributed by atoms with van der Waals surface area (Å²) in [5.41, 5.74) is 1.38. The van der Waals surface area contributed by atoms with Crippen molar-refractivity contribution in [3.63, 3.8) is 0 Å². The van der Waals surface area contributed by atoms with Crippen LogP contribution in [0.5, 0.6) is 0 Å². The number of aryl methyl sites for hydroxylation is 1. The first-order valence-corrected chi connectivity index (χ1v) is 2.88. The van der Waals surface area contributed by atoms with Crippen molar-refractivity contribution in [2.24, 2.45) is 0 Å². The van der Waals surface area contributed by atoms with Gasteiger partial charge in [0.1, 0.15) is 0 Å². The van der Waals surface area contributed by atoms with Crippen LogP contribution in [0, 0.1) is 6.07 Å². The Hall–Kier alpha value is -0.0138. The Bertz CT molecular complexity index is 146. The molecule has 0 amide bonds. The van der Waals surface area contributed by atoms with Crippen LogP contribution in [-0.2, 0) is 6.42 Å². The van der Waals surface area contributed by atoms with Gasteiger partial charge in [-0.15, -0.1) is 0 Å². The summed E-state index contributed by atoms with van der Waals surface area (Å²) in [5, 5.41) is 0. The molecule has 0 heterocycles. The zero-order valence-electron chi connectivity index (χ0n) is 5.02. The van der Waals surface area contributed by atoms with Crippen LogP contribution in [0.2, 0.25) is 0 Å². The summed E-state index contributed by atoms with van der Waals surface area (Å²) in [5.74, 6) is 0. The van der Waals surface area contributed by atoms with Crippen molar-refractivity contribution in [2.45, 2.75) is 13.3 Å². The largest absolute Gasteiger partial charge is 0.316 e. The zero-order valence-corrected chi connectivity index (χ0v) is 5.02. The van der Waals surface area contributed by atoms with Gasteiger partial charge in [-0.1, -0.05) is 31.2 Å². The average molecular weight is 131 g/mol. The molecule has 9 heavy (non-hydrogen) atoms. The molecule has 0 unspecified atom stereocenters. The van der Waals surface area contributed by atoms with Crippen molar-refractivity contribution < 1.29 is 0 Å². The Morgan fingerprint density at radius 2 is 1.89 bits per heavy atom. The third kappa shape index (κ3) is 2.87. The maximum atomic E-state index is 2.97. The van der Waals surface area contributed by atoms with E-state index in [1.54, 1.807) is 0 Å². The quantitative estimate of drug-likeness (QED) is 0.502. The minimum Gasteiger partial charge on any atom is -0.0613 e.